The smallest absolute Gasteiger partial charge is 0.229 e. The van der Waals surface area contributed by atoms with Gasteiger partial charge in [0.1, 0.15) is 11.6 Å². The number of aromatic amines is 1. The maximum Gasteiger partial charge on any atom is 0.229 e. The average Bonchev–Trinajstić information content (AvgIpc) is 3.28. The summed E-state index contributed by atoms with van der Waals surface area (Å²) in [7, 11) is 0. The molecule has 2 aromatic heterocycles. The lowest BCUT2D eigenvalue weighted by Gasteiger charge is -2.19. The van der Waals surface area contributed by atoms with Gasteiger partial charge in [-0.1, -0.05) is 12.1 Å². The van der Waals surface area contributed by atoms with Crippen molar-refractivity contribution in [2.45, 2.75) is 19.4 Å². The van der Waals surface area contributed by atoms with Crippen LogP contribution >= 0.6 is 0 Å². The number of aromatic nitrogens is 4. The van der Waals surface area contributed by atoms with E-state index in [2.05, 4.69) is 25.1 Å². The average molecular weight is 359 g/mol. The molecule has 0 spiro atoms. The Bertz CT molecular complexity index is 1220. The Kier molecular flexibility index (Phi) is 3.46. The van der Waals surface area contributed by atoms with E-state index >= 15 is 0 Å². The number of anilines is 1. The number of allylic oxidation sites excluding steroid dienone is 1. The molecule has 1 amide bonds. The molecular weight excluding hydrogens is 342 g/mol. The number of imidazole rings is 1. The highest BCUT2D eigenvalue weighted by Gasteiger charge is 2.24. The predicted molar refractivity (Wildman–Crippen MR) is 103 cm³/mol. The van der Waals surface area contributed by atoms with Crippen LogP contribution in [0.5, 0.6) is 0 Å². The molecule has 0 fully saturated rings. The van der Waals surface area contributed by atoms with E-state index < -0.39 is 0 Å². The van der Waals surface area contributed by atoms with Gasteiger partial charge < -0.3 is 15.0 Å². The minimum Gasteiger partial charge on any atom is -0.512 e. The number of nitrogens with zero attached hydrogens (tertiary/aromatic N) is 3. The molecule has 7 heteroatoms. The molecule has 0 unspecified atom stereocenters. The molecule has 4 aromatic rings. The normalized spacial score (nSPS) is 13.9. The summed E-state index contributed by atoms with van der Waals surface area (Å²) < 4.78 is 2.06. The number of benzene rings is 2. The van der Waals surface area contributed by atoms with E-state index in [9.17, 15) is 9.90 Å². The summed E-state index contributed by atoms with van der Waals surface area (Å²) in [5.74, 6) is 0.701. The molecule has 5 rings (SSSR count). The first-order valence-electron chi connectivity index (χ1n) is 8.78. The molecule has 1 aliphatic heterocycles. The number of aliphatic hydroxyl groups is 1. The molecule has 0 aliphatic carbocycles. The van der Waals surface area contributed by atoms with Gasteiger partial charge in [-0.25, -0.2) is 4.98 Å². The number of aliphatic hydroxyl groups excluding tert-OH is 1. The van der Waals surface area contributed by atoms with Gasteiger partial charge in [0.25, 0.3) is 0 Å². The number of rotatable bonds is 3. The zero-order chi connectivity index (χ0) is 18.4. The highest BCUT2D eigenvalue weighted by atomic mass is 16.3. The summed E-state index contributed by atoms with van der Waals surface area (Å²) in [6.07, 6.45) is 2.29. The molecule has 2 aromatic carbocycles. The molecule has 1 aliphatic rings. The predicted octanol–water partition coefficient (Wildman–Crippen LogP) is 3.61. The van der Waals surface area contributed by atoms with Gasteiger partial charge in [-0.3, -0.25) is 9.89 Å². The monoisotopic (exact) mass is 359 g/mol. The number of hydrogen-bond donors (Lipinski definition) is 3. The van der Waals surface area contributed by atoms with E-state index in [-0.39, 0.29) is 18.1 Å². The minimum atomic E-state index is -0.198. The molecule has 0 saturated heterocycles. The van der Waals surface area contributed by atoms with Crippen LogP contribution in [0.25, 0.3) is 27.5 Å². The van der Waals surface area contributed by atoms with Crippen LogP contribution in [-0.4, -0.2) is 30.8 Å². The standard InChI is InChI=1S/C20H17N5O2/c26-18-7-8-25-17-4-2-1-3-15(17)23-20(25)14(18)10-19(27)22-13-6-5-12-11-21-24-16(12)9-13/h1-6,9,11,26H,7-8,10H2,(H,21,24)(H,22,27). The quantitative estimate of drug-likeness (QED) is 0.521. The second-order valence-electron chi connectivity index (χ2n) is 6.65. The summed E-state index contributed by atoms with van der Waals surface area (Å²) in [4.78, 5) is 17.2. The lowest BCUT2D eigenvalue weighted by atomic mass is 10.0. The van der Waals surface area contributed by atoms with Crippen molar-refractivity contribution < 1.29 is 9.90 Å². The Morgan fingerprint density at radius 3 is 3.07 bits per heavy atom. The van der Waals surface area contributed by atoms with Crippen molar-refractivity contribution in [1.82, 2.24) is 19.7 Å². The van der Waals surface area contributed by atoms with E-state index in [0.29, 0.717) is 30.1 Å². The number of fused-ring (bicyclic) bond motifs is 4. The van der Waals surface area contributed by atoms with Crippen molar-refractivity contribution in [2.24, 2.45) is 0 Å². The summed E-state index contributed by atoms with van der Waals surface area (Å²) in [6, 6.07) is 13.4. The minimum absolute atomic E-state index is 0.0656. The van der Waals surface area contributed by atoms with Crippen LogP contribution in [0, 0.1) is 0 Å². The fourth-order valence-corrected chi connectivity index (χ4v) is 3.59. The number of hydrogen-bond acceptors (Lipinski definition) is 4. The van der Waals surface area contributed by atoms with Crippen LogP contribution in [0.2, 0.25) is 0 Å². The van der Waals surface area contributed by atoms with Gasteiger partial charge in [0, 0.05) is 29.6 Å². The van der Waals surface area contributed by atoms with Gasteiger partial charge >= 0.3 is 0 Å². The number of para-hydroxylation sites is 2. The Labute approximate surface area is 154 Å². The fraction of sp³-hybridized carbons (Fsp3) is 0.150. The van der Waals surface area contributed by atoms with Crippen molar-refractivity contribution in [2.75, 3.05) is 5.32 Å². The first-order valence-corrected chi connectivity index (χ1v) is 8.78. The highest BCUT2D eigenvalue weighted by molar-refractivity contribution is 5.99. The molecule has 7 nitrogen and oxygen atoms in total. The van der Waals surface area contributed by atoms with Gasteiger partial charge in [0.2, 0.25) is 5.91 Å². The summed E-state index contributed by atoms with van der Waals surface area (Å²) in [5.41, 5.74) is 4.00. The van der Waals surface area contributed by atoms with Gasteiger partial charge in [-0.2, -0.15) is 5.10 Å². The molecule has 27 heavy (non-hydrogen) atoms. The van der Waals surface area contributed by atoms with Gasteiger partial charge in [0.15, 0.2) is 0 Å². The number of H-pyrrole nitrogens is 1. The Morgan fingerprint density at radius 2 is 2.15 bits per heavy atom. The lowest BCUT2D eigenvalue weighted by Crippen LogP contribution is -2.18. The Morgan fingerprint density at radius 1 is 1.26 bits per heavy atom. The van der Waals surface area contributed by atoms with E-state index in [1.54, 1.807) is 6.20 Å². The summed E-state index contributed by atoms with van der Waals surface area (Å²) in [5, 5.41) is 21.1. The number of carbonyl (C=O) groups is 1. The third-order valence-corrected chi connectivity index (χ3v) is 4.91. The van der Waals surface area contributed by atoms with E-state index in [1.165, 1.54) is 0 Å². The van der Waals surface area contributed by atoms with Crippen LogP contribution in [0.1, 0.15) is 18.7 Å². The number of nitrogens with one attached hydrogen (secondary N) is 2. The molecule has 0 bridgehead atoms. The third-order valence-electron chi connectivity index (χ3n) is 4.91. The summed E-state index contributed by atoms with van der Waals surface area (Å²) >= 11 is 0. The van der Waals surface area contributed by atoms with Crippen LogP contribution < -0.4 is 5.32 Å². The van der Waals surface area contributed by atoms with Crippen molar-refractivity contribution in [1.29, 1.82) is 0 Å². The zero-order valence-electron chi connectivity index (χ0n) is 14.4. The molecule has 0 atom stereocenters. The SMILES string of the molecule is O=C(CC1=C(O)CCn2c1nc1ccccc12)Nc1ccc2cn[nH]c2c1. The summed E-state index contributed by atoms with van der Waals surface area (Å²) in [6.45, 7) is 0.656. The van der Waals surface area contributed by atoms with E-state index in [1.807, 2.05) is 42.5 Å². The Balaban J connectivity index is 1.43. The maximum absolute atomic E-state index is 12.6. The first kappa shape index (κ1) is 15.6. The molecule has 0 radical (unpaired) electrons. The van der Waals surface area contributed by atoms with Crippen molar-refractivity contribution in [3.8, 4) is 0 Å². The van der Waals surface area contributed by atoms with E-state index in [0.717, 1.165) is 21.9 Å². The van der Waals surface area contributed by atoms with Crippen LogP contribution in [-0.2, 0) is 11.3 Å². The zero-order valence-corrected chi connectivity index (χ0v) is 14.4. The van der Waals surface area contributed by atoms with E-state index in [4.69, 9.17) is 0 Å². The third kappa shape index (κ3) is 2.64. The molecular formula is C20H17N5O2. The van der Waals surface area contributed by atoms with Crippen molar-refractivity contribution >= 4 is 39.1 Å². The van der Waals surface area contributed by atoms with Crippen LogP contribution in [0.3, 0.4) is 0 Å². The second-order valence-corrected chi connectivity index (χ2v) is 6.65. The molecule has 3 heterocycles. The van der Waals surface area contributed by atoms with Gasteiger partial charge in [-0.05, 0) is 30.3 Å². The highest BCUT2D eigenvalue weighted by Crippen LogP contribution is 2.31. The number of amides is 1. The number of carbonyl (C=O) groups excluding carboxylic acids is 1. The largest absolute Gasteiger partial charge is 0.512 e. The Hall–Kier alpha value is -3.61. The second kappa shape index (κ2) is 5.98. The van der Waals surface area contributed by atoms with Crippen molar-refractivity contribution in [3.63, 3.8) is 0 Å². The maximum atomic E-state index is 12.6. The molecule has 134 valence electrons. The molecule has 3 N–H and O–H groups in total. The van der Waals surface area contributed by atoms with Crippen LogP contribution in [0.4, 0.5) is 5.69 Å². The van der Waals surface area contributed by atoms with Gasteiger partial charge in [0.05, 0.1) is 29.2 Å². The fourth-order valence-electron chi connectivity index (χ4n) is 3.59. The molecule has 0 saturated carbocycles. The van der Waals surface area contributed by atoms with Crippen molar-refractivity contribution in [3.05, 3.63) is 60.2 Å². The lowest BCUT2D eigenvalue weighted by molar-refractivity contribution is -0.115. The topological polar surface area (TPSA) is 95.8 Å². The van der Waals surface area contributed by atoms with Gasteiger partial charge in [-0.15, -0.1) is 0 Å². The number of aryl methyl sites for hydroxylation is 1. The van der Waals surface area contributed by atoms with Crippen LogP contribution in [0.15, 0.2) is 54.4 Å². The first-order chi connectivity index (χ1) is 13.2.